The molecule has 0 aromatic carbocycles. The van der Waals surface area contributed by atoms with Crippen LogP contribution in [0.1, 0.15) is 11.4 Å². The van der Waals surface area contributed by atoms with Gasteiger partial charge in [-0.1, -0.05) is 12.1 Å². The average Bonchev–Trinajstić information content (AvgIpc) is 2.37. The molecular weight excluding hydrogens is 302 g/mol. The first-order chi connectivity index (χ1) is 9.66. The minimum atomic E-state index is -4.68. The molecule has 0 saturated carbocycles. The first-order valence-electron chi connectivity index (χ1n) is 5.42. The normalized spacial score (nSPS) is 12.3. The first-order valence-corrected chi connectivity index (χ1v) is 5.42. The van der Waals surface area contributed by atoms with E-state index in [0.29, 0.717) is 12.1 Å². The molecule has 0 spiro atoms. The Morgan fingerprint density at radius 1 is 0.667 bits per heavy atom. The van der Waals surface area contributed by atoms with Gasteiger partial charge in [0.2, 0.25) is 11.8 Å². The number of alkyl halides is 6. The van der Waals surface area contributed by atoms with Crippen LogP contribution in [0.3, 0.4) is 0 Å². The fraction of sp³-hybridized carbons (Fsp3) is 0.167. The van der Waals surface area contributed by atoms with Gasteiger partial charge in [-0.3, -0.25) is 0 Å². The van der Waals surface area contributed by atoms with Gasteiger partial charge in [-0.15, -0.1) is 0 Å². The van der Waals surface area contributed by atoms with Gasteiger partial charge in [0.15, 0.2) is 0 Å². The van der Waals surface area contributed by atoms with E-state index < -0.39 is 35.5 Å². The van der Waals surface area contributed by atoms with Crippen molar-refractivity contribution in [3.63, 3.8) is 0 Å². The van der Waals surface area contributed by atoms with E-state index in [1.165, 1.54) is 0 Å². The summed E-state index contributed by atoms with van der Waals surface area (Å²) < 4.78 is 79.5. The van der Waals surface area contributed by atoms with Crippen molar-refractivity contribution in [1.29, 1.82) is 0 Å². The monoisotopic (exact) mass is 308 g/mol. The van der Waals surface area contributed by atoms with E-state index in [9.17, 15) is 26.3 Å². The van der Waals surface area contributed by atoms with Gasteiger partial charge in [0.25, 0.3) is 0 Å². The van der Waals surface area contributed by atoms with Crippen LogP contribution >= 0.6 is 0 Å². The van der Waals surface area contributed by atoms with Crippen LogP contribution in [0.5, 0.6) is 11.8 Å². The molecule has 0 unspecified atom stereocenters. The number of rotatable bonds is 2. The predicted molar refractivity (Wildman–Crippen MR) is 58.6 cm³/mol. The SMILES string of the molecule is FC(F)(F)c1cccc(Oc2cccc(C(F)(F)F)n2)n1. The molecule has 2 rings (SSSR count). The summed E-state index contributed by atoms with van der Waals surface area (Å²) in [7, 11) is 0. The molecule has 0 bridgehead atoms. The Kier molecular flexibility index (Phi) is 3.75. The molecule has 112 valence electrons. The highest BCUT2D eigenvalue weighted by Crippen LogP contribution is 2.31. The third kappa shape index (κ3) is 3.83. The Morgan fingerprint density at radius 3 is 1.38 bits per heavy atom. The molecular formula is C12H6F6N2O. The average molecular weight is 308 g/mol. The summed E-state index contributed by atoms with van der Waals surface area (Å²) in [5.41, 5.74) is -2.43. The maximum absolute atomic E-state index is 12.4. The highest BCUT2D eigenvalue weighted by atomic mass is 19.4. The van der Waals surface area contributed by atoms with Gasteiger partial charge in [-0.05, 0) is 12.1 Å². The van der Waals surface area contributed by atoms with Crippen molar-refractivity contribution in [2.75, 3.05) is 0 Å². The Morgan fingerprint density at radius 2 is 1.05 bits per heavy atom. The second-order valence-electron chi connectivity index (χ2n) is 3.82. The zero-order valence-corrected chi connectivity index (χ0v) is 10.0. The smallest absolute Gasteiger partial charge is 0.421 e. The molecule has 2 aromatic heterocycles. The minimum Gasteiger partial charge on any atom is -0.421 e. The van der Waals surface area contributed by atoms with Crippen LogP contribution in [-0.2, 0) is 12.4 Å². The van der Waals surface area contributed by atoms with E-state index in [0.717, 1.165) is 24.3 Å². The van der Waals surface area contributed by atoms with Crippen LogP contribution in [0.4, 0.5) is 26.3 Å². The molecule has 0 radical (unpaired) electrons. The van der Waals surface area contributed by atoms with Crippen LogP contribution < -0.4 is 4.74 Å². The number of hydrogen-bond acceptors (Lipinski definition) is 3. The summed E-state index contributed by atoms with van der Waals surface area (Å²) in [6.07, 6.45) is -9.36. The fourth-order valence-corrected chi connectivity index (χ4v) is 1.37. The number of pyridine rings is 2. The van der Waals surface area contributed by atoms with Gasteiger partial charge < -0.3 is 4.74 Å². The molecule has 0 aliphatic heterocycles. The minimum absolute atomic E-state index is 0.503. The summed E-state index contributed by atoms with van der Waals surface area (Å²) in [4.78, 5) is 6.33. The lowest BCUT2D eigenvalue weighted by Crippen LogP contribution is -2.09. The van der Waals surface area contributed by atoms with Gasteiger partial charge in [0.05, 0.1) is 0 Å². The third-order valence-corrected chi connectivity index (χ3v) is 2.24. The lowest BCUT2D eigenvalue weighted by Gasteiger charge is -2.10. The first kappa shape index (κ1) is 15.1. The molecule has 0 amide bonds. The number of aromatic nitrogens is 2. The molecule has 0 saturated heterocycles. The predicted octanol–water partition coefficient (Wildman–Crippen LogP) is 4.31. The van der Waals surface area contributed by atoms with Gasteiger partial charge in [-0.25, -0.2) is 9.97 Å². The molecule has 0 N–H and O–H groups in total. The molecule has 0 fully saturated rings. The van der Waals surface area contributed by atoms with E-state index in [2.05, 4.69) is 9.97 Å². The lowest BCUT2D eigenvalue weighted by molar-refractivity contribution is -0.141. The van der Waals surface area contributed by atoms with Gasteiger partial charge in [0.1, 0.15) is 11.4 Å². The topological polar surface area (TPSA) is 35.0 Å². The third-order valence-electron chi connectivity index (χ3n) is 2.24. The van der Waals surface area contributed by atoms with Crippen molar-refractivity contribution in [2.45, 2.75) is 12.4 Å². The molecule has 21 heavy (non-hydrogen) atoms. The largest absolute Gasteiger partial charge is 0.433 e. The van der Waals surface area contributed by atoms with Crippen LogP contribution in [0, 0.1) is 0 Å². The number of ether oxygens (including phenoxy) is 1. The number of hydrogen-bond donors (Lipinski definition) is 0. The molecule has 9 heteroatoms. The van der Waals surface area contributed by atoms with Crippen LogP contribution in [0.15, 0.2) is 36.4 Å². The van der Waals surface area contributed by atoms with E-state index in [1.54, 1.807) is 0 Å². The van der Waals surface area contributed by atoms with Crippen molar-refractivity contribution in [1.82, 2.24) is 9.97 Å². The van der Waals surface area contributed by atoms with Gasteiger partial charge in [-0.2, -0.15) is 26.3 Å². The molecule has 0 atom stereocenters. The summed E-state index contributed by atoms with van der Waals surface area (Å²) in [5, 5.41) is 0. The maximum Gasteiger partial charge on any atom is 0.433 e. The molecule has 2 heterocycles. The zero-order chi connectivity index (χ0) is 15.7. The van der Waals surface area contributed by atoms with Crippen molar-refractivity contribution in [2.24, 2.45) is 0 Å². The molecule has 0 aliphatic rings. The van der Waals surface area contributed by atoms with Crippen molar-refractivity contribution in [3.8, 4) is 11.8 Å². The number of halogens is 6. The van der Waals surface area contributed by atoms with E-state index in [4.69, 9.17) is 4.74 Å². The van der Waals surface area contributed by atoms with E-state index in [1.807, 2.05) is 0 Å². The van der Waals surface area contributed by atoms with E-state index >= 15 is 0 Å². The zero-order valence-electron chi connectivity index (χ0n) is 10.0. The van der Waals surface area contributed by atoms with E-state index in [-0.39, 0.29) is 0 Å². The van der Waals surface area contributed by atoms with Crippen molar-refractivity contribution >= 4 is 0 Å². The Bertz CT molecular complexity index is 583. The molecule has 0 aliphatic carbocycles. The summed E-state index contributed by atoms with van der Waals surface area (Å²) >= 11 is 0. The Labute approximate surface area is 114 Å². The number of nitrogens with zero attached hydrogens (tertiary/aromatic N) is 2. The molecule has 3 nitrogen and oxygen atoms in total. The highest BCUT2D eigenvalue weighted by Gasteiger charge is 2.34. The quantitative estimate of drug-likeness (QED) is 0.776. The van der Waals surface area contributed by atoms with Gasteiger partial charge in [0, 0.05) is 12.1 Å². The second kappa shape index (κ2) is 5.23. The van der Waals surface area contributed by atoms with Crippen LogP contribution in [0.2, 0.25) is 0 Å². The summed E-state index contributed by atoms with van der Waals surface area (Å²) in [6, 6.07) is 5.64. The fourth-order valence-electron chi connectivity index (χ4n) is 1.37. The van der Waals surface area contributed by atoms with Crippen LogP contribution in [0.25, 0.3) is 0 Å². The Balaban J connectivity index is 2.27. The maximum atomic E-state index is 12.4. The standard InChI is InChI=1S/C12H6F6N2O/c13-11(14,15)7-3-1-5-9(19-7)21-10-6-2-4-8(20-10)12(16,17)18/h1-6H. The van der Waals surface area contributed by atoms with Crippen molar-refractivity contribution < 1.29 is 31.1 Å². The summed E-state index contributed by atoms with van der Waals surface area (Å²) in [5.74, 6) is -1.01. The van der Waals surface area contributed by atoms with Crippen molar-refractivity contribution in [3.05, 3.63) is 47.8 Å². The molecule has 2 aromatic rings. The lowest BCUT2D eigenvalue weighted by atomic mass is 10.3. The Hall–Kier alpha value is -2.32. The summed E-state index contributed by atoms with van der Waals surface area (Å²) in [6.45, 7) is 0. The van der Waals surface area contributed by atoms with Gasteiger partial charge >= 0.3 is 12.4 Å². The highest BCUT2D eigenvalue weighted by molar-refractivity contribution is 5.24. The second-order valence-corrected chi connectivity index (χ2v) is 3.82. The van der Waals surface area contributed by atoms with Crippen LogP contribution in [-0.4, -0.2) is 9.97 Å².